The Kier molecular flexibility index (Phi) is 5.84. The number of rotatable bonds is 4. The molecule has 3 aromatic rings. The summed E-state index contributed by atoms with van der Waals surface area (Å²) in [7, 11) is 0. The number of carbonyl (C=O) groups is 3. The third-order valence-electron chi connectivity index (χ3n) is 4.58. The van der Waals surface area contributed by atoms with E-state index in [9.17, 15) is 14.4 Å². The number of nitrogens with one attached hydrogen (secondary N) is 1. The molecule has 2 aromatic carbocycles. The maximum Gasteiger partial charge on any atom is 0.337 e. The Bertz CT molecular complexity index is 1310. The largest absolute Gasteiger partial charge is 0.478 e. The van der Waals surface area contributed by atoms with Gasteiger partial charge in [0.1, 0.15) is 17.1 Å². The number of benzene rings is 2. The molecule has 1 aliphatic rings. The number of furan rings is 1. The maximum absolute atomic E-state index is 13.0. The van der Waals surface area contributed by atoms with Crippen LogP contribution >= 0.6 is 35.4 Å². The molecule has 0 bridgehead atoms. The SMILES string of the molecule is O=C1NC(=S)N(c2ccc(Cl)cc2)C(=O)/C1=C\c1ccc(-c2ccc(C(=O)O)c(Cl)c2)o1. The summed E-state index contributed by atoms with van der Waals surface area (Å²) in [5, 5.41) is 12.1. The van der Waals surface area contributed by atoms with E-state index in [0.717, 1.165) is 0 Å². The zero-order chi connectivity index (χ0) is 23.0. The summed E-state index contributed by atoms with van der Waals surface area (Å²) in [6.45, 7) is 0. The topological polar surface area (TPSA) is 99.9 Å². The molecule has 4 rings (SSSR count). The molecule has 0 unspecified atom stereocenters. The summed E-state index contributed by atoms with van der Waals surface area (Å²) in [4.78, 5) is 37.8. The minimum absolute atomic E-state index is 0.0351. The van der Waals surface area contributed by atoms with E-state index in [1.54, 1.807) is 42.5 Å². The molecular weight excluding hydrogens is 475 g/mol. The number of hydrogen-bond donors (Lipinski definition) is 2. The van der Waals surface area contributed by atoms with Gasteiger partial charge in [0.15, 0.2) is 5.11 Å². The Morgan fingerprint density at radius 3 is 2.44 bits per heavy atom. The number of thiocarbonyl (C=S) groups is 1. The highest BCUT2D eigenvalue weighted by atomic mass is 35.5. The van der Waals surface area contributed by atoms with Crippen molar-refractivity contribution >= 4 is 70.1 Å². The van der Waals surface area contributed by atoms with Gasteiger partial charge in [-0.15, -0.1) is 0 Å². The number of carboxylic acids is 1. The molecule has 2 amide bonds. The third kappa shape index (κ3) is 4.16. The Hall–Kier alpha value is -3.46. The van der Waals surface area contributed by atoms with E-state index < -0.39 is 17.8 Å². The van der Waals surface area contributed by atoms with Crippen molar-refractivity contribution in [2.45, 2.75) is 0 Å². The molecule has 0 radical (unpaired) electrons. The van der Waals surface area contributed by atoms with Crippen molar-refractivity contribution in [2.75, 3.05) is 4.90 Å². The van der Waals surface area contributed by atoms with Gasteiger partial charge in [0.25, 0.3) is 11.8 Å². The van der Waals surface area contributed by atoms with Gasteiger partial charge in [0, 0.05) is 10.6 Å². The molecule has 32 heavy (non-hydrogen) atoms. The normalized spacial score (nSPS) is 15.2. The van der Waals surface area contributed by atoms with Crippen LogP contribution in [0.3, 0.4) is 0 Å². The summed E-state index contributed by atoms with van der Waals surface area (Å²) >= 11 is 17.1. The average molecular weight is 487 g/mol. The van der Waals surface area contributed by atoms with E-state index in [4.69, 9.17) is 44.9 Å². The number of halogens is 2. The second-order valence-electron chi connectivity index (χ2n) is 6.64. The molecule has 0 atom stereocenters. The molecular formula is C22H12Cl2N2O5S. The molecule has 0 aliphatic carbocycles. The number of aromatic carboxylic acids is 1. The highest BCUT2D eigenvalue weighted by Crippen LogP contribution is 2.29. The Morgan fingerprint density at radius 2 is 1.78 bits per heavy atom. The predicted octanol–water partition coefficient (Wildman–Crippen LogP) is 4.78. The monoisotopic (exact) mass is 486 g/mol. The molecule has 1 saturated heterocycles. The molecule has 0 spiro atoms. The molecule has 160 valence electrons. The molecule has 1 aromatic heterocycles. The lowest BCUT2D eigenvalue weighted by Crippen LogP contribution is -2.54. The van der Waals surface area contributed by atoms with E-state index in [1.165, 1.54) is 23.1 Å². The number of hydrogen-bond acceptors (Lipinski definition) is 5. The molecule has 0 saturated carbocycles. The summed E-state index contributed by atoms with van der Waals surface area (Å²) in [5.41, 5.74) is 0.775. The fourth-order valence-electron chi connectivity index (χ4n) is 3.05. The average Bonchev–Trinajstić information content (AvgIpc) is 3.21. The lowest BCUT2D eigenvalue weighted by Gasteiger charge is -2.28. The summed E-state index contributed by atoms with van der Waals surface area (Å²) in [6, 6.07) is 14.0. The van der Waals surface area contributed by atoms with Crippen molar-refractivity contribution in [3.63, 3.8) is 0 Å². The van der Waals surface area contributed by atoms with Crippen LogP contribution in [0.4, 0.5) is 5.69 Å². The number of nitrogens with zero attached hydrogens (tertiary/aromatic N) is 1. The molecule has 10 heteroatoms. The van der Waals surface area contributed by atoms with Crippen molar-refractivity contribution < 1.29 is 23.9 Å². The van der Waals surface area contributed by atoms with E-state index >= 15 is 0 Å². The molecule has 1 fully saturated rings. The highest BCUT2D eigenvalue weighted by Gasteiger charge is 2.34. The second kappa shape index (κ2) is 8.58. The quantitative estimate of drug-likeness (QED) is 0.312. The number of carboxylic acid groups (broad SMARTS) is 1. The van der Waals surface area contributed by atoms with Crippen LogP contribution in [-0.2, 0) is 9.59 Å². The van der Waals surface area contributed by atoms with Crippen molar-refractivity contribution in [1.29, 1.82) is 0 Å². The minimum Gasteiger partial charge on any atom is -0.478 e. The summed E-state index contributed by atoms with van der Waals surface area (Å²) in [6.07, 6.45) is 1.30. The number of anilines is 1. The predicted molar refractivity (Wildman–Crippen MR) is 124 cm³/mol. The Balaban J connectivity index is 1.65. The standard InChI is InChI=1S/C22H12Cl2N2O5S/c23-12-2-4-13(5-3-12)26-20(28)16(19(27)25-22(26)32)10-14-6-8-18(31-14)11-1-7-15(21(29)30)17(24)9-11/h1-10H,(H,29,30)(H,25,27,32)/b16-10-. The van der Waals surface area contributed by atoms with Crippen LogP contribution in [0.15, 0.2) is 64.6 Å². The van der Waals surface area contributed by atoms with Crippen molar-refractivity contribution in [3.8, 4) is 11.3 Å². The lowest BCUT2D eigenvalue weighted by molar-refractivity contribution is -0.122. The van der Waals surface area contributed by atoms with Gasteiger partial charge in [-0.2, -0.15) is 0 Å². The smallest absolute Gasteiger partial charge is 0.337 e. The summed E-state index contributed by atoms with van der Waals surface area (Å²) < 4.78 is 5.72. The molecule has 7 nitrogen and oxygen atoms in total. The minimum atomic E-state index is -1.14. The third-order valence-corrected chi connectivity index (χ3v) is 5.43. The van der Waals surface area contributed by atoms with E-state index in [2.05, 4.69) is 5.32 Å². The van der Waals surface area contributed by atoms with Gasteiger partial charge >= 0.3 is 5.97 Å². The first-order chi connectivity index (χ1) is 15.2. The zero-order valence-corrected chi connectivity index (χ0v) is 18.3. The molecule has 1 aliphatic heterocycles. The van der Waals surface area contributed by atoms with Crippen molar-refractivity contribution in [2.24, 2.45) is 0 Å². The van der Waals surface area contributed by atoms with Crippen LogP contribution in [0.5, 0.6) is 0 Å². The van der Waals surface area contributed by atoms with Crippen LogP contribution in [0, 0.1) is 0 Å². The van der Waals surface area contributed by atoms with Gasteiger partial charge in [-0.1, -0.05) is 29.3 Å². The highest BCUT2D eigenvalue weighted by molar-refractivity contribution is 7.80. The van der Waals surface area contributed by atoms with Crippen molar-refractivity contribution in [1.82, 2.24) is 5.32 Å². The summed E-state index contributed by atoms with van der Waals surface area (Å²) in [5.74, 6) is -1.80. The fraction of sp³-hybridized carbons (Fsp3) is 0. The van der Waals surface area contributed by atoms with Crippen LogP contribution in [0.1, 0.15) is 16.1 Å². The Labute approximate surface area is 196 Å². The van der Waals surface area contributed by atoms with E-state index in [1.807, 2.05) is 0 Å². The number of amides is 2. The first kappa shape index (κ1) is 21.8. The lowest BCUT2D eigenvalue weighted by atomic mass is 10.1. The number of carbonyl (C=O) groups excluding carboxylic acids is 2. The van der Waals surface area contributed by atoms with Gasteiger partial charge in [-0.25, -0.2) is 4.79 Å². The molecule has 2 heterocycles. The van der Waals surface area contributed by atoms with E-state index in [-0.39, 0.29) is 27.0 Å². The van der Waals surface area contributed by atoms with Gasteiger partial charge in [0.2, 0.25) is 0 Å². The van der Waals surface area contributed by atoms with Crippen LogP contribution in [0.25, 0.3) is 17.4 Å². The van der Waals surface area contributed by atoms with Crippen LogP contribution < -0.4 is 10.2 Å². The second-order valence-corrected chi connectivity index (χ2v) is 7.87. The maximum atomic E-state index is 13.0. The van der Waals surface area contributed by atoms with Gasteiger partial charge in [-0.05, 0) is 66.8 Å². The first-order valence-corrected chi connectivity index (χ1v) is 10.2. The van der Waals surface area contributed by atoms with Gasteiger partial charge in [0.05, 0.1) is 16.3 Å². The first-order valence-electron chi connectivity index (χ1n) is 9.04. The molecule has 2 N–H and O–H groups in total. The van der Waals surface area contributed by atoms with Crippen LogP contribution in [-0.4, -0.2) is 28.0 Å². The van der Waals surface area contributed by atoms with Gasteiger partial charge in [-0.3, -0.25) is 19.8 Å². The Morgan fingerprint density at radius 1 is 1.06 bits per heavy atom. The fourth-order valence-corrected chi connectivity index (χ4v) is 3.72. The zero-order valence-electron chi connectivity index (χ0n) is 16.0. The van der Waals surface area contributed by atoms with Crippen molar-refractivity contribution in [3.05, 3.63) is 81.5 Å². The van der Waals surface area contributed by atoms with Gasteiger partial charge < -0.3 is 9.52 Å². The van der Waals surface area contributed by atoms with Crippen LogP contribution in [0.2, 0.25) is 10.0 Å². The van der Waals surface area contributed by atoms with E-state index in [0.29, 0.717) is 22.0 Å².